The lowest BCUT2D eigenvalue weighted by molar-refractivity contribution is -0.162. The SMILES string of the molecule is CC(C)(C)OC(=O)N1CC(n2nc(-c3cccc(Oc4ccccc4)c3)nc2CC2COCCN2CC(F)(F)F)C1. The predicted octanol–water partition coefficient (Wildman–Crippen LogP) is 5.33. The van der Waals surface area contributed by atoms with E-state index in [-0.39, 0.29) is 32.2 Å². The number of rotatable bonds is 7. The Balaban J connectivity index is 1.40. The van der Waals surface area contributed by atoms with Gasteiger partial charge in [-0.1, -0.05) is 30.3 Å². The van der Waals surface area contributed by atoms with Crippen molar-refractivity contribution in [3.63, 3.8) is 0 Å². The van der Waals surface area contributed by atoms with E-state index in [2.05, 4.69) is 0 Å². The molecular formula is C29H34F3N5O4. The van der Waals surface area contributed by atoms with Gasteiger partial charge in [-0.05, 0) is 45.0 Å². The zero-order valence-electron chi connectivity index (χ0n) is 23.3. The highest BCUT2D eigenvalue weighted by atomic mass is 19.4. The number of hydrogen-bond acceptors (Lipinski definition) is 7. The molecule has 0 spiro atoms. The summed E-state index contributed by atoms with van der Waals surface area (Å²) >= 11 is 0. The van der Waals surface area contributed by atoms with E-state index in [1.165, 1.54) is 4.90 Å². The van der Waals surface area contributed by atoms with Crippen molar-refractivity contribution in [2.75, 3.05) is 39.4 Å². The Morgan fingerprint density at radius 1 is 1.05 bits per heavy atom. The Bertz CT molecular complexity index is 1340. The van der Waals surface area contributed by atoms with E-state index in [4.69, 9.17) is 24.3 Å². The smallest absolute Gasteiger partial charge is 0.410 e. The summed E-state index contributed by atoms with van der Waals surface area (Å²) in [5.41, 5.74) is 0.0811. The summed E-state index contributed by atoms with van der Waals surface area (Å²) in [6.07, 6.45) is -4.53. The van der Waals surface area contributed by atoms with E-state index in [1.807, 2.05) is 54.6 Å². The van der Waals surface area contributed by atoms with Gasteiger partial charge in [-0.2, -0.15) is 18.3 Å². The molecule has 0 radical (unpaired) electrons. The maximum absolute atomic E-state index is 13.3. The highest BCUT2D eigenvalue weighted by Gasteiger charge is 2.39. The summed E-state index contributed by atoms with van der Waals surface area (Å²) < 4.78 is 58.6. The highest BCUT2D eigenvalue weighted by molar-refractivity contribution is 5.69. The number of carbonyl (C=O) groups excluding carboxylic acids is 1. The second kappa shape index (κ2) is 11.7. The van der Waals surface area contributed by atoms with Gasteiger partial charge in [-0.15, -0.1) is 0 Å². The average Bonchev–Trinajstić information content (AvgIpc) is 3.26. The predicted molar refractivity (Wildman–Crippen MR) is 145 cm³/mol. The molecule has 0 bridgehead atoms. The lowest BCUT2D eigenvalue weighted by Gasteiger charge is -2.40. The Hall–Kier alpha value is -3.64. The normalized spacial score (nSPS) is 18.7. The third-order valence-electron chi connectivity index (χ3n) is 6.78. The van der Waals surface area contributed by atoms with Gasteiger partial charge in [0.25, 0.3) is 0 Å². The monoisotopic (exact) mass is 573 g/mol. The molecule has 3 heterocycles. The number of likely N-dealkylation sites (tertiary alicyclic amines) is 1. The van der Waals surface area contributed by atoms with Crippen molar-refractivity contribution >= 4 is 6.09 Å². The summed E-state index contributed by atoms with van der Waals surface area (Å²) in [5, 5.41) is 4.77. The number of amides is 1. The number of morpholine rings is 1. The molecule has 9 nitrogen and oxygen atoms in total. The Morgan fingerprint density at radius 3 is 2.49 bits per heavy atom. The fraction of sp³-hybridized carbons (Fsp3) is 0.483. The van der Waals surface area contributed by atoms with Crippen LogP contribution in [0.3, 0.4) is 0 Å². The van der Waals surface area contributed by atoms with Crippen molar-refractivity contribution in [3.05, 3.63) is 60.4 Å². The van der Waals surface area contributed by atoms with Crippen molar-refractivity contribution in [1.82, 2.24) is 24.6 Å². The van der Waals surface area contributed by atoms with Gasteiger partial charge in [0.05, 0.1) is 25.8 Å². The van der Waals surface area contributed by atoms with Crippen LogP contribution >= 0.6 is 0 Å². The minimum atomic E-state index is -4.32. The second-order valence-electron chi connectivity index (χ2n) is 11.3. The molecule has 1 aromatic heterocycles. The first-order valence-corrected chi connectivity index (χ1v) is 13.6. The molecule has 3 aromatic rings. The summed E-state index contributed by atoms with van der Waals surface area (Å²) in [6.45, 7) is 5.69. The van der Waals surface area contributed by atoms with Crippen LogP contribution in [0, 0.1) is 0 Å². The number of para-hydroxylation sites is 1. The topological polar surface area (TPSA) is 82.0 Å². The van der Waals surface area contributed by atoms with Crippen LogP contribution in [-0.2, 0) is 15.9 Å². The number of hydrogen-bond donors (Lipinski definition) is 0. The summed E-state index contributed by atoms with van der Waals surface area (Å²) in [7, 11) is 0. The molecule has 5 rings (SSSR count). The lowest BCUT2D eigenvalue weighted by atomic mass is 10.1. The molecule has 0 N–H and O–H groups in total. The molecule has 2 saturated heterocycles. The number of halogens is 3. The van der Waals surface area contributed by atoms with Crippen molar-refractivity contribution in [2.45, 2.75) is 51.1 Å². The summed E-state index contributed by atoms with van der Waals surface area (Å²) in [4.78, 5) is 20.3. The molecule has 0 aliphatic carbocycles. The number of carbonyl (C=O) groups is 1. The molecule has 2 fully saturated rings. The molecule has 2 aliphatic heterocycles. The zero-order valence-corrected chi connectivity index (χ0v) is 23.3. The summed E-state index contributed by atoms with van der Waals surface area (Å²) in [5.74, 6) is 2.24. The Kier molecular flexibility index (Phi) is 8.23. The molecular weight excluding hydrogens is 539 g/mol. The molecule has 12 heteroatoms. The van der Waals surface area contributed by atoms with E-state index in [0.29, 0.717) is 41.8 Å². The molecule has 2 aliphatic rings. The first-order chi connectivity index (χ1) is 19.4. The maximum atomic E-state index is 13.3. The Labute approximate surface area is 236 Å². The highest BCUT2D eigenvalue weighted by Crippen LogP contribution is 2.30. The third kappa shape index (κ3) is 7.56. The molecule has 1 unspecified atom stereocenters. The van der Waals surface area contributed by atoms with Gasteiger partial charge in [-0.25, -0.2) is 14.5 Å². The van der Waals surface area contributed by atoms with Crippen LogP contribution in [0.2, 0.25) is 0 Å². The van der Waals surface area contributed by atoms with Crippen LogP contribution in [0.4, 0.5) is 18.0 Å². The van der Waals surface area contributed by atoms with Gasteiger partial charge in [0.2, 0.25) is 0 Å². The fourth-order valence-corrected chi connectivity index (χ4v) is 4.84. The van der Waals surface area contributed by atoms with Crippen LogP contribution in [0.1, 0.15) is 32.6 Å². The molecule has 2 aromatic carbocycles. The summed E-state index contributed by atoms with van der Waals surface area (Å²) in [6, 6.07) is 16.0. The van der Waals surface area contributed by atoms with Crippen LogP contribution in [0.5, 0.6) is 11.5 Å². The largest absolute Gasteiger partial charge is 0.457 e. The molecule has 41 heavy (non-hydrogen) atoms. The molecule has 1 atom stereocenters. The molecule has 1 amide bonds. The first-order valence-electron chi connectivity index (χ1n) is 13.6. The van der Waals surface area contributed by atoms with Crippen molar-refractivity contribution in [1.29, 1.82) is 0 Å². The first kappa shape index (κ1) is 28.9. The van der Waals surface area contributed by atoms with Crippen molar-refractivity contribution in [2.24, 2.45) is 0 Å². The third-order valence-corrected chi connectivity index (χ3v) is 6.78. The molecule has 0 saturated carbocycles. The van der Waals surface area contributed by atoms with Gasteiger partial charge in [0, 0.05) is 37.7 Å². The second-order valence-corrected chi connectivity index (χ2v) is 11.3. The van der Waals surface area contributed by atoms with Crippen LogP contribution in [-0.4, -0.2) is 87.9 Å². The van der Waals surface area contributed by atoms with E-state index in [9.17, 15) is 18.0 Å². The van der Waals surface area contributed by atoms with Gasteiger partial charge < -0.3 is 19.1 Å². The fourth-order valence-electron chi connectivity index (χ4n) is 4.84. The number of alkyl halides is 3. The van der Waals surface area contributed by atoms with Crippen molar-refractivity contribution < 1.29 is 32.2 Å². The van der Waals surface area contributed by atoms with Crippen LogP contribution < -0.4 is 4.74 Å². The number of benzene rings is 2. The average molecular weight is 574 g/mol. The number of aromatic nitrogens is 3. The maximum Gasteiger partial charge on any atom is 0.410 e. The van der Waals surface area contributed by atoms with E-state index in [0.717, 1.165) is 0 Å². The van der Waals surface area contributed by atoms with Gasteiger partial charge in [-0.3, -0.25) is 4.90 Å². The van der Waals surface area contributed by atoms with Crippen molar-refractivity contribution in [3.8, 4) is 22.9 Å². The minimum Gasteiger partial charge on any atom is -0.457 e. The standard InChI is InChI=1S/C29H34F3N5O4/c1-28(2,3)41-27(38)36-16-22(17-36)37-25(15-21-18-39-13-12-35(21)19-29(30,31)32)33-26(34-37)20-8-7-11-24(14-20)40-23-9-5-4-6-10-23/h4-11,14,21-22H,12-13,15-19H2,1-3H3. The minimum absolute atomic E-state index is 0.160. The Morgan fingerprint density at radius 2 is 1.78 bits per heavy atom. The van der Waals surface area contributed by atoms with Crippen LogP contribution in [0.15, 0.2) is 54.6 Å². The van der Waals surface area contributed by atoms with E-state index in [1.54, 1.807) is 30.4 Å². The van der Waals surface area contributed by atoms with Gasteiger partial charge in [0.15, 0.2) is 5.82 Å². The zero-order chi connectivity index (χ0) is 29.2. The van der Waals surface area contributed by atoms with Gasteiger partial charge in [0.1, 0.15) is 22.9 Å². The van der Waals surface area contributed by atoms with E-state index >= 15 is 0 Å². The van der Waals surface area contributed by atoms with Crippen LogP contribution in [0.25, 0.3) is 11.4 Å². The lowest BCUT2D eigenvalue weighted by Crippen LogP contribution is -2.53. The number of nitrogens with zero attached hydrogens (tertiary/aromatic N) is 5. The quantitative estimate of drug-likeness (QED) is 0.378. The molecule has 220 valence electrons. The van der Waals surface area contributed by atoms with E-state index < -0.39 is 30.5 Å². The number of ether oxygens (including phenoxy) is 3. The van der Waals surface area contributed by atoms with Gasteiger partial charge >= 0.3 is 12.3 Å².